The van der Waals surface area contributed by atoms with Gasteiger partial charge in [0.1, 0.15) is 0 Å². The van der Waals surface area contributed by atoms with Crippen molar-refractivity contribution in [2.75, 3.05) is 23.9 Å². The van der Waals surface area contributed by atoms with Crippen molar-refractivity contribution in [3.05, 3.63) is 58.1 Å². The van der Waals surface area contributed by atoms with Gasteiger partial charge in [0.25, 0.3) is 5.91 Å². The molecule has 0 bridgehead atoms. The maximum Gasteiger partial charge on any atom is 0.311 e. The molecule has 2 aromatic carbocycles. The van der Waals surface area contributed by atoms with Gasteiger partial charge in [0, 0.05) is 35.6 Å². The number of benzene rings is 2. The fourth-order valence-corrected chi connectivity index (χ4v) is 3.74. The number of hydrogen-bond donors (Lipinski definition) is 2. The molecule has 0 aliphatic carbocycles. The lowest BCUT2D eigenvalue weighted by Crippen LogP contribution is -2.37. The van der Waals surface area contributed by atoms with Crippen molar-refractivity contribution in [2.24, 2.45) is 0 Å². The van der Waals surface area contributed by atoms with Gasteiger partial charge >= 0.3 is 5.69 Å². The summed E-state index contributed by atoms with van der Waals surface area (Å²) in [6, 6.07) is 12.4. The van der Waals surface area contributed by atoms with Crippen LogP contribution in [0.3, 0.4) is 0 Å². The number of thiocarbonyl (C=S) groups is 1. The quantitative estimate of drug-likeness (QED) is 0.420. The van der Waals surface area contributed by atoms with Gasteiger partial charge in [-0.2, -0.15) is 0 Å². The number of nitro groups is 1. The summed E-state index contributed by atoms with van der Waals surface area (Å²) in [5.74, 6) is -0.461. The molecule has 0 spiro atoms. The summed E-state index contributed by atoms with van der Waals surface area (Å²) >= 11 is 5.21. The van der Waals surface area contributed by atoms with E-state index >= 15 is 0 Å². The van der Waals surface area contributed by atoms with Crippen LogP contribution >= 0.6 is 12.2 Å². The second-order valence-corrected chi connectivity index (χ2v) is 7.55. The standard InChI is InChI=1S/C21H24N4O4S/c1-14-5-3-4-12-24(14)17-9-7-16(8-10-17)22-21(30)23-20(26)15-6-11-19(29-2)18(13-15)25(27)28/h6-11,13-14H,3-5,12H2,1-2H3,(H2,22,23,26,30). The van der Waals surface area contributed by atoms with Gasteiger partial charge < -0.3 is 15.0 Å². The third-order valence-corrected chi connectivity index (χ3v) is 5.33. The molecule has 0 saturated carbocycles. The Morgan fingerprint density at radius 1 is 1.23 bits per heavy atom. The first-order valence-electron chi connectivity index (χ1n) is 9.70. The normalized spacial score (nSPS) is 15.9. The largest absolute Gasteiger partial charge is 0.490 e. The van der Waals surface area contributed by atoms with Crippen molar-refractivity contribution in [2.45, 2.75) is 32.2 Å². The number of piperidine rings is 1. The Morgan fingerprint density at radius 3 is 2.60 bits per heavy atom. The first-order chi connectivity index (χ1) is 14.4. The molecule has 158 valence electrons. The number of amides is 1. The topological polar surface area (TPSA) is 96.7 Å². The van der Waals surface area contributed by atoms with Gasteiger partial charge in [0.05, 0.1) is 12.0 Å². The van der Waals surface area contributed by atoms with E-state index in [9.17, 15) is 14.9 Å². The van der Waals surface area contributed by atoms with E-state index in [0.29, 0.717) is 6.04 Å². The SMILES string of the molecule is COc1ccc(C(=O)NC(=S)Nc2ccc(N3CCCCC3C)cc2)cc1[N+](=O)[O-]. The van der Waals surface area contributed by atoms with E-state index in [-0.39, 0.29) is 22.1 Å². The van der Waals surface area contributed by atoms with Gasteiger partial charge in [-0.05, 0) is 74.8 Å². The summed E-state index contributed by atoms with van der Waals surface area (Å²) in [5.41, 5.74) is 1.73. The van der Waals surface area contributed by atoms with Crippen molar-refractivity contribution >= 4 is 40.3 Å². The molecule has 1 heterocycles. The highest BCUT2D eigenvalue weighted by atomic mass is 32.1. The lowest BCUT2D eigenvalue weighted by molar-refractivity contribution is -0.385. The highest BCUT2D eigenvalue weighted by Crippen LogP contribution is 2.28. The zero-order chi connectivity index (χ0) is 21.7. The van der Waals surface area contributed by atoms with Gasteiger partial charge in [0.15, 0.2) is 10.9 Å². The van der Waals surface area contributed by atoms with Crippen LogP contribution in [0.15, 0.2) is 42.5 Å². The second kappa shape index (κ2) is 9.53. The van der Waals surface area contributed by atoms with Crippen LogP contribution in [0.4, 0.5) is 17.1 Å². The fraction of sp³-hybridized carbons (Fsp3) is 0.333. The molecular formula is C21H24N4O4S. The number of nitrogens with one attached hydrogen (secondary N) is 2. The smallest absolute Gasteiger partial charge is 0.311 e. The van der Waals surface area contributed by atoms with E-state index in [2.05, 4.69) is 22.5 Å². The van der Waals surface area contributed by atoms with Crippen LogP contribution in [0.5, 0.6) is 5.75 Å². The summed E-state index contributed by atoms with van der Waals surface area (Å²) in [6.07, 6.45) is 3.66. The van der Waals surface area contributed by atoms with E-state index in [0.717, 1.165) is 24.0 Å². The number of methoxy groups -OCH3 is 1. The molecule has 2 N–H and O–H groups in total. The van der Waals surface area contributed by atoms with Gasteiger partial charge in [-0.3, -0.25) is 20.2 Å². The Kier molecular flexibility index (Phi) is 6.83. The fourth-order valence-electron chi connectivity index (χ4n) is 3.53. The van der Waals surface area contributed by atoms with Crippen LogP contribution in [0.1, 0.15) is 36.5 Å². The van der Waals surface area contributed by atoms with E-state index in [1.165, 1.54) is 38.5 Å². The van der Waals surface area contributed by atoms with Gasteiger partial charge in [-0.15, -0.1) is 0 Å². The Balaban J connectivity index is 1.62. The predicted octanol–water partition coefficient (Wildman–Crippen LogP) is 4.11. The minimum atomic E-state index is -0.600. The van der Waals surface area contributed by atoms with Gasteiger partial charge in [0.2, 0.25) is 0 Å². The van der Waals surface area contributed by atoms with Crippen molar-refractivity contribution < 1.29 is 14.5 Å². The molecule has 2 aromatic rings. The molecular weight excluding hydrogens is 404 g/mol. The molecule has 1 amide bonds. The molecule has 1 aliphatic heterocycles. The van der Waals surface area contributed by atoms with Crippen molar-refractivity contribution in [1.29, 1.82) is 0 Å². The molecule has 1 unspecified atom stereocenters. The number of carbonyl (C=O) groups excluding carboxylic acids is 1. The zero-order valence-corrected chi connectivity index (χ0v) is 17.7. The molecule has 30 heavy (non-hydrogen) atoms. The van der Waals surface area contributed by atoms with Crippen molar-refractivity contribution in [3.8, 4) is 5.75 Å². The monoisotopic (exact) mass is 428 g/mol. The Labute approximate surface area is 180 Å². The summed E-state index contributed by atoms with van der Waals surface area (Å²) in [4.78, 5) is 25.3. The zero-order valence-electron chi connectivity index (χ0n) is 16.9. The summed E-state index contributed by atoms with van der Waals surface area (Å²) in [6.45, 7) is 3.29. The molecule has 9 heteroatoms. The number of nitro benzene ring substituents is 1. The summed E-state index contributed by atoms with van der Waals surface area (Å²) in [5, 5.41) is 16.7. The second-order valence-electron chi connectivity index (χ2n) is 7.14. The molecule has 1 atom stereocenters. The Hall–Kier alpha value is -3.20. The number of ether oxygens (including phenoxy) is 1. The molecule has 1 aliphatic rings. The van der Waals surface area contributed by atoms with Crippen LogP contribution in [0.2, 0.25) is 0 Å². The van der Waals surface area contributed by atoms with E-state index in [1.807, 2.05) is 24.3 Å². The molecule has 0 radical (unpaired) electrons. The number of hydrogen-bond acceptors (Lipinski definition) is 6. The molecule has 1 fully saturated rings. The summed E-state index contributed by atoms with van der Waals surface area (Å²) in [7, 11) is 1.33. The lowest BCUT2D eigenvalue weighted by atomic mass is 10.0. The Morgan fingerprint density at radius 2 is 1.97 bits per heavy atom. The van der Waals surface area contributed by atoms with Crippen LogP contribution in [-0.4, -0.2) is 35.6 Å². The van der Waals surface area contributed by atoms with Crippen LogP contribution in [0.25, 0.3) is 0 Å². The highest BCUT2D eigenvalue weighted by molar-refractivity contribution is 7.80. The number of nitrogens with zero attached hydrogens (tertiary/aromatic N) is 2. The van der Waals surface area contributed by atoms with Gasteiger partial charge in [-0.25, -0.2) is 0 Å². The maximum absolute atomic E-state index is 12.4. The van der Waals surface area contributed by atoms with Gasteiger partial charge in [-0.1, -0.05) is 0 Å². The predicted molar refractivity (Wildman–Crippen MR) is 120 cm³/mol. The Bertz CT molecular complexity index is 949. The van der Waals surface area contributed by atoms with Crippen LogP contribution in [0, 0.1) is 10.1 Å². The van der Waals surface area contributed by atoms with E-state index in [4.69, 9.17) is 17.0 Å². The summed E-state index contributed by atoms with van der Waals surface area (Å²) < 4.78 is 4.95. The highest BCUT2D eigenvalue weighted by Gasteiger charge is 2.20. The maximum atomic E-state index is 12.4. The van der Waals surface area contributed by atoms with E-state index in [1.54, 1.807) is 0 Å². The minimum Gasteiger partial charge on any atom is -0.490 e. The number of anilines is 2. The number of carbonyl (C=O) groups is 1. The molecule has 1 saturated heterocycles. The number of rotatable bonds is 5. The third kappa shape index (κ3) is 5.04. The van der Waals surface area contributed by atoms with Crippen molar-refractivity contribution in [3.63, 3.8) is 0 Å². The third-order valence-electron chi connectivity index (χ3n) is 5.12. The first kappa shape index (κ1) is 21.5. The van der Waals surface area contributed by atoms with Crippen LogP contribution in [-0.2, 0) is 0 Å². The molecule has 0 aromatic heterocycles. The van der Waals surface area contributed by atoms with E-state index < -0.39 is 10.8 Å². The average molecular weight is 429 g/mol. The first-order valence-corrected chi connectivity index (χ1v) is 10.1. The lowest BCUT2D eigenvalue weighted by Gasteiger charge is -2.35. The average Bonchev–Trinajstić information content (AvgIpc) is 2.74. The molecule has 3 rings (SSSR count). The van der Waals surface area contributed by atoms with Crippen LogP contribution < -0.4 is 20.3 Å². The molecule has 8 nitrogen and oxygen atoms in total. The van der Waals surface area contributed by atoms with Crippen molar-refractivity contribution in [1.82, 2.24) is 5.32 Å². The minimum absolute atomic E-state index is 0.0837.